The Morgan fingerprint density at radius 1 is 1.06 bits per heavy atom. The van der Waals surface area contributed by atoms with Crippen molar-refractivity contribution >= 4 is 5.91 Å². The van der Waals surface area contributed by atoms with E-state index in [2.05, 4.69) is 5.32 Å². The summed E-state index contributed by atoms with van der Waals surface area (Å²) < 4.78 is 0. The predicted octanol–water partition coefficient (Wildman–Crippen LogP) is 2.19. The Labute approximate surface area is 99.9 Å². The number of nitrogens with zero attached hydrogens (tertiary/aromatic N) is 1. The van der Waals surface area contributed by atoms with Crippen LogP contribution in [0.2, 0.25) is 0 Å². The zero-order valence-corrected chi connectivity index (χ0v) is 11.4. The summed E-state index contributed by atoms with van der Waals surface area (Å²) >= 11 is 0. The number of rotatable bonds is 1. The molecule has 0 aromatic carbocycles. The van der Waals surface area contributed by atoms with Gasteiger partial charge in [0.2, 0.25) is 5.91 Å². The first-order chi connectivity index (χ1) is 7.63. The van der Waals surface area contributed by atoms with E-state index < -0.39 is 0 Å². The molecule has 0 unspecified atom stereocenters. The van der Waals surface area contributed by atoms with Gasteiger partial charge in [0, 0.05) is 25.2 Å². The maximum Gasteiger partial charge on any atom is 0.249 e. The standard InChI is InChI=1S/C11H20N2O.C2H6/c1-9(2)10(3)11(14)13-7-4-5-12-6-8-13;1-2/h12H,4-8H2,1-3H3;1-2H3. The van der Waals surface area contributed by atoms with E-state index in [9.17, 15) is 4.79 Å². The van der Waals surface area contributed by atoms with E-state index in [4.69, 9.17) is 0 Å². The maximum atomic E-state index is 11.9. The summed E-state index contributed by atoms with van der Waals surface area (Å²) in [6.45, 7) is 13.6. The Balaban J connectivity index is 0.00000106. The number of carbonyl (C=O) groups excluding carboxylic acids is 1. The molecule has 1 heterocycles. The van der Waals surface area contributed by atoms with E-state index in [1.54, 1.807) is 0 Å². The van der Waals surface area contributed by atoms with E-state index in [0.29, 0.717) is 0 Å². The molecule has 1 fully saturated rings. The van der Waals surface area contributed by atoms with E-state index in [1.807, 2.05) is 39.5 Å². The summed E-state index contributed by atoms with van der Waals surface area (Å²) in [7, 11) is 0. The van der Waals surface area contributed by atoms with Crippen LogP contribution in [-0.4, -0.2) is 37.0 Å². The van der Waals surface area contributed by atoms with Gasteiger partial charge in [-0.1, -0.05) is 19.4 Å². The van der Waals surface area contributed by atoms with Gasteiger partial charge in [-0.2, -0.15) is 0 Å². The molecule has 1 rings (SSSR count). The number of hydrogen-bond acceptors (Lipinski definition) is 2. The largest absolute Gasteiger partial charge is 0.338 e. The van der Waals surface area contributed by atoms with Gasteiger partial charge in [-0.3, -0.25) is 4.79 Å². The second-order valence-corrected chi connectivity index (χ2v) is 4.02. The Morgan fingerprint density at radius 2 is 1.69 bits per heavy atom. The Morgan fingerprint density at radius 3 is 2.25 bits per heavy atom. The minimum absolute atomic E-state index is 0.203. The molecular formula is C13H26N2O. The first kappa shape index (κ1) is 15.2. The third-order valence-electron chi connectivity index (χ3n) is 2.70. The molecule has 0 atom stereocenters. The van der Waals surface area contributed by atoms with Gasteiger partial charge in [0.05, 0.1) is 0 Å². The van der Waals surface area contributed by atoms with E-state index >= 15 is 0 Å². The first-order valence-electron chi connectivity index (χ1n) is 6.27. The lowest BCUT2D eigenvalue weighted by Crippen LogP contribution is -2.34. The monoisotopic (exact) mass is 226 g/mol. The molecule has 1 amide bonds. The topological polar surface area (TPSA) is 32.3 Å². The summed E-state index contributed by atoms with van der Waals surface area (Å²) in [5.41, 5.74) is 2.01. The summed E-state index contributed by atoms with van der Waals surface area (Å²) in [6.07, 6.45) is 1.06. The minimum atomic E-state index is 0.203. The van der Waals surface area contributed by atoms with Gasteiger partial charge in [-0.05, 0) is 33.7 Å². The molecule has 0 aliphatic carbocycles. The fourth-order valence-corrected chi connectivity index (χ4v) is 1.50. The third-order valence-corrected chi connectivity index (χ3v) is 2.70. The number of carbonyl (C=O) groups is 1. The van der Waals surface area contributed by atoms with Crippen LogP contribution >= 0.6 is 0 Å². The van der Waals surface area contributed by atoms with Crippen molar-refractivity contribution in [1.29, 1.82) is 0 Å². The van der Waals surface area contributed by atoms with Gasteiger partial charge in [-0.15, -0.1) is 0 Å². The lowest BCUT2D eigenvalue weighted by molar-refractivity contribution is -0.126. The summed E-state index contributed by atoms with van der Waals surface area (Å²) in [6, 6.07) is 0. The van der Waals surface area contributed by atoms with Crippen LogP contribution in [0.4, 0.5) is 0 Å². The van der Waals surface area contributed by atoms with Crippen LogP contribution in [0.1, 0.15) is 41.0 Å². The number of allylic oxidation sites excluding steroid dienone is 1. The molecule has 3 nitrogen and oxygen atoms in total. The number of nitrogens with one attached hydrogen (secondary N) is 1. The van der Waals surface area contributed by atoms with Crippen LogP contribution in [0.3, 0.4) is 0 Å². The van der Waals surface area contributed by atoms with Crippen molar-refractivity contribution in [1.82, 2.24) is 10.2 Å². The molecule has 1 saturated heterocycles. The second kappa shape index (κ2) is 8.34. The van der Waals surface area contributed by atoms with Gasteiger partial charge in [-0.25, -0.2) is 0 Å². The van der Waals surface area contributed by atoms with Crippen LogP contribution < -0.4 is 5.32 Å². The highest BCUT2D eigenvalue weighted by atomic mass is 16.2. The van der Waals surface area contributed by atoms with Crippen LogP contribution in [-0.2, 0) is 4.79 Å². The third kappa shape index (κ3) is 4.79. The van der Waals surface area contributed by atoms with Crippen LogP contribution in [0.25, 0.3) is 0 Å². The van der Waals surface area contributed by atoms with Crippen molar-refractivity contribution in [2.45, 2.75) is 41.0 Å². The van der Waals surface area contributed by atoms with Gasteiger partial charge in [0.1, 0.15) is 0 Å². The molecule has 0 aromatic rings. The highest BCUT2D eigenvalue weighted by Gasteiger charge is 2.16. The minimum Gasteiger partial charge on any atom is -0.338 e. The van der Waals surface area contributed by atoms with Crippen molar-refractivity contribution in [3.63, 3.8) is 0 Å². The molecule has 1 aliphatic rings. The predicted molar refractivity (Wildman–Crippen MR) is 69.5 cm³/mol. The Hall–Kier alpha value is -0.830. The van der Waals surface area contributed by atoms with E-state index in [-0.39, 0.29) is 5.91 Å². The average molecular weight is 226 g/mol. The molecule has 94 valence electrons. The summed E-state index contributed by atoms with van der Waals surface area (Å²) in [5.74, 6) is 0.203. The normalized spacial score (nSPS) is 15.7. The van der Waals surface area contributed by atoms with Crippen LogP contribution in [0, 0.1) is 0 Å². The molecule has 1 aliphatic heterocycles. The van der Waals surface area contributed by atoms with E-state index in [1.165, 1.54) is 0 Å². The fraction of sp³-hybridized carbons (Fsp3) is 0.769. The summed E-state index contributed by atoms with van der Waals surface area (Å²) in [4.78, 5) is 13.9. The molecule has 0 bridgehead atoms. The van der Waals surface area contributed by atoms with Crippen LogP contribution in [0.15, 0.2) is 11.1 Å². The zero-order chi connectivity index (χ0) is 12.6. The van der Waals surface area contributed by atoms with Crippen LogP contribution in [0.5, 0.6) is 0 Å². The van der Waals surface area contributed by atoms with Crippen molar-refractivity contribution in [3.8, 4) is 0 Å². The van der Waals surface area contributed by atoms with Crippen molar-refractivity contribution in [2.24, 2.45) is 0 Å². The average Bonchev–Trinajstić information content (AvgIpc) is 2.58. The fourth-order valence-electron chi connectivity index (χ4n) is 1.50. The van der Waals surface area contributed by atoms with Crippen molar-refractivity contribution < 1.29 is 4.79 Å². The lowest BCUT2D eigenvalue weighted by Gasteiger charge is -2.20. The van der Waals surface area contributed by atoms with Crippen molar-refractivity contribution in [2.75, 3.05) is 26.2 Å². The molecule has 0 spiro atoms. The van der Waals surface area contributed by atoms with Gasteiger partial charge in [0.25, 0.3) is 0 Å². The molecule has 0 radical (unpaired) electrons. The first-order valence-corrected chi connectivity index (χ1v) is 6.27. The highest BCUT2D eigenvalue weighted by Crippen LogP contribution is 2.08. The number of amides is 1. The maximum absolute atomic E-state index is 11.9. The van der Waals surface area contributed by atoms with E-state index in [0.717, 1.165) is 43.7 Å². The lowest BCUT2D eigenvalue weighted by atomic mass is 10.1. The Kier molecular flexibility index (Phi) is 7.90. The SMILES string of the molecule is CC.CC(C)=C(C)C(=O)N1CCCNCC1. The molecule has 3 heteroatoms. The second-order valence-electron chi connectivity index (χ2n) is 4.02. The molecule has 0 aromatic heterocycles. The van der Waals surface area contributed by atoms with Gasteiger partial charge in [0.15, 0.2) is 0 Å². The number of hydrogen-bond donors (Lipinski definition) is 1. The quantitative estimate of drug-likeness (QED) is 0.695. The van der Waals surface area contributed by atoms with Gasteiger partial charge < -0.3 is 10.2 Å². The molecular weight excluding hydrogens is 200 g/mol. The van der Waals surface area contributed by atoms with Crippen molar-refractivity contribution in [3.05, 3.63) is 11.1 Å². The molecule has 16 heavy (non-hydrogen) atoms. The summed E-state index contributed by atoms with van der Waals surface area (Å²) in [5, 5.41) is 3.29. The molecule has 1 N–H and O–H groups in total. The smallest absolute Gasteiger partial charge is 0.249 e. The Bertz CT molecular complexity index is 234. The highest BCUT2D eigenvalue weighted by molar-refractivity contribution is 5.93. The zero-order valence-electron chi connectivity index (χ0n) is 11.4. The molecule has 0 saturated carbocycles. The van der Waals surface area contributed by atoms with Gasteiger partial charge >= 0.3 is 0 Å².